The van der Waals surface area contributed by atoms with Gasteiger partial charge in [0.2, 0.25) is 11.8 Å². The first-order valence-corrected chi connectivity index (χ1v) is 6.59. The third-order valence-corrected chi connectivity index (χ3v) is 2.78. The van der Waals surface area contributed by atoms with Crippen LogP contribution in [0.4, 0.5) is 20.2 Å². The lowest BCUT2D eigenvalue weighted by molar-refractivity contribution is -0.114. The highest BCUT2D eigenvalue weighted by Gasteiger charge is 2.12. The first kappa shape index (κ1) is 16.3. The van der Waals surface area contributed by atoms with Crippen molar-refractivity contribution < 1.29 is 18.4 Å². The van der Waals surface area contributed by atoms with Gasteiger partial charge in [-0.3, -0.25) is 14.3 Å². The summed E-state index contributed by atoms with van der Waals surface area (Å²) < 4.78 is 28.8. The molecule has 0 atom stereocenters. The van der Waals surface area contributed by atoms with Crippen molar-refractivity contribution in [2.75, 3.05) is 10.6 Å². The van der Waals surface area contributed by atoms with E-state index in [1.54, 1.807) is 24.1 Å². The van der Waals surface area contributed by atoms with Gasteiger partial charge in [-0.15, -0.1) is 0 Å². The Morgan fingerprint density at radius 2 is 1.83 bits per heavy atom. The van der Waals surface area contributed by atoms with Gasteiger partial charge in [0.1, 0.15) is 11.6 Å². The van der Waals surface area contributed by atoms with E-state index in [4.69, 9.17) is 0 Å². The highest BCUT2D eigenvalue weighted by atomic mass is 19.1. The standard InChI is InChI=1S/C15H14F2N4O2/c1-9(22)19-13-6-14(12(17)5-11(13)16)20-15(23)4-3-10-7-18-21(2)8-10/h3-8H,1-2H3,(H,19,22)(H,20,23)/b4-3+. The summed E-state index contributed by atoms with van der Waals surface area (Å²) in [5, 5.41) is 8.43. The Morgan fingerprint density at radius 3 is 2.39 bits per heavy atom. The molecule has 1 aromatic carbocycles. The van der Waals surface area contributed by atoms with Crippen LogP contribution in [0.15, 0.2) is 30.6 Å². The second kappa shape index (κ2) is 6.82. The summed E-state index contributed by atoms with van der Waals surface area (Å²) in [5.41, 5.74) is 0.239. The van der Waals surface area contributed by atoms with Crippen molar-refractivity contribution in [1.29, 1.82) is 0 Å². The third-order valence-electron chi connectivity index (χ3n) is 2.78. The van der Waals surface area contributed by atoms with E-state index in [1.165, 1.54) is 19.1 Å². The van der Waals surface area contributed by atoms with Gasteiger partial charge in [0.25, 0.3) is 0 Å². The Labute approximate surface area is 130 Å². The summed E-state index contributed by atoms with van der Waals surface area (Å²) >= 11 is 0. The fourth-order valence-electron chi connectivity index (χ4n) is 1.80. The second-order valence-electron chi connectivity index (χ2n) is 4.76. The zero-order valence-corrected chi connectivity index (χ0v) is 12.4. The average Bonchev–Trinajstić information content (AvgIpc) is 2.87. The molecule has 23 heavy (non-hydrogen) atoms. The number of rotatable bonds is 4. The number of aromatic nitrogens is 2. The predicted molar refractivity (Wildman–Crippen MR) is 81.5 cm³/mol. The predicted octanol–water partition coefficient (Wildman–Crippen LogP) is 2.31. The highest BCUT2D eigenvalue weighted by Crippen LogP contribution is 2.23. The number of anilines is 2. The SMILES string of the molecule is CC(=O)Nc1cc(NC(=O)/C=C/c2cnn(C)c2)c(F)cc1F. The summed E-state index contributed by atoms with van der Waals surface area (Å²) in [4.78, 5) is 22.8. The van der Waals surface area contributed by atoms with Crippen LogP contribution in [0.3, 0.4) is 0 Å². The fraction of sp³-hybridized carbons (Fsp3) is 0.133. The van der Waals surface area contributed by atoms with Crippen LogP contribution >= 0.6 is 0 Å². The van der Waals surface area contributed by atoms with E-state index in [-0.39, 0.29) is 11.4 Å². The van der Waals surface area contributed by atoms with Crippen molar-refractivity contribution in [2.24, 2.45) is 7.05 Å². The summed E-state index contributed by atoms with van der Waals surface area (Å²) in [6.45, 7) is 1.19. The normalized spacial score (nSPS) is 10.8. The van der Waals surface area contributed by atoms with Gasteiger partial charge < -0.3 is 10.6 Å². The quantitative estimate of drug-likeness (QED) is 0.849. The molecule has 6 nitrogen and oxygen atoms in total. The van der Waals surface area contributed by atoms with E-state index in [2.05, 4.69) is 15.7 Å². The van der Waals surface area contributed by atoms with Crippen molar-refractivity contribution in [3.63, 3.8) is 0 Å². The maximum atomic E-state index is 13.7. The number of nitrogens with one attached hydrogen (secondary N) is 2. The fourth-order valence-corrected chi connectivity index (χ4v) is 1.80. The lowest BCUT2D eigenvalue weighted by Crippen LogP contribution is -2.12. The molecule has 0 bridgehead atoms. The molecular weight excluding hydrogens is 306 g/mol. The number of carbonyl (C=O) groups is 2. The number of carbonyl (C=O) groups excluding carboxylic acids is 2. The number of amides is 2. The van der Waals surface area contributed by atoms with Crippen molar-refractivity contribution in [3.05, 3.63) is 47.8 Å². The molecule has 2 rings (SSSR count). The van der Waals surface area contributed by atoms with Gasteiger partial charge in [-0.2, -0.15) is 5.10 Å². The highest BCUT2D eigenvalue weighted by molar-refractivity contribution is 6.02. The topological polar surface area (TPSA) is 76.0 Å². The molecule has 1 heterocycles. The second-order valence-corrected chi connectivity index (χ2v) is 4.76. The van der Waals surface area contributed by atoms with Crippen LogP contribution in [0.5, 0.6) is 0 Å². The van der Waals surface area contributed by atoms with Crippen LogP contribution in [0, 0.1) is 11.6 Å². The Morgan fingerprint density at radius 1 is 1.17 bits per heavy atom. The van der Waals surface area contributed by atoms with Crippen molar-refractivity contribution in [3.8, 4) is 0 Å². The molecule has 120 valence electrons. The smallest absolute Gasteiger partial charge is 0.248 e. The summed E-state index contributed by atoms with van der Waals surface area (Å²) in [6.07, 6.45) is 5.94. The lowest BCUT2D eigenvalue weighted by Gasteiger charge is -2.09. The van der Waals surface area contributed by atoms with Gasteiger partial charge in [0.05, 0.1) is 17.6 Å². The van der Waals surface area contributed by atoms with Gasteiger partial charge >= 0.3 is 0 Å². The van der Waals surface area contributed by atoms with Crippen LogP contribution in [0.2, 0.25) is 0 Å². The minimum Gasteiger partial charge on any atom is -0.324 e. The van der Waals surface area contributed by atoms with Gasteiger partial charge in [0, 0.05) is 37.9 Å². The van der Waals surface area contributed by atoms with Crippen molar-refractivity contribution >= 4 is 29.3 Å². The van der Waals surface area contributed by atoms with E-state index in [9.17, 15) is 18.4 Å². The monoisotopic (exact) mass is 320 g/mol. The van der Waals surface area contributed by atoms with Crippen LogP contribution in [-0.4, -0.2) is 21.6 Å². The average molecular weight is 320 g/mol. The molecule has 2 N–H and O–H groups in total. The molecular formula is C15H14F2N4O2. The zero-order valence-electron chi connectivity index (χ0n) is 12.4. The number of aryl methyl sites for hydroxylation is 1. The first-order valence-electron chi connectivity index (χ1n) is 6.59. The van der Waals surface area contributed by atoms with Gasteiger partial charge in [0.15, 0.2) is 0 Å². The molecule has 8 heteroatoms. The minimum absolute atomic E-state index is 0.217. The molecule has 2 aromatic rings. The van der Waals surface area contributed by atoms with E-state index >= 15 is 0 Å². The Balaban J connectivity index is 2.13. The maximum Gasteiger partial charge on any atom is 0.248 e. The Hall–Kier alpha value is -3.03. The molecule has 0 aliphatic carbocycles. The molecule has 2 amide bonds. The number of nitrogens with zero attached hydrogens (tertiary/aromatic N) is 2. The van der Waals surface area contributed by atoms with Crippen LogP contribution < -0.4 is 10.6 Å². The zero-order chi connectivity index (χ0) is 17.0. The molecule has 0 saturated heterocycles. The number of halogens is 2. The molecule has 0 spiro atoms. The Kier molecular flexibility index (Phi) is 4.85. The molecule has 0 aliphatic heterocycles. The van der Waals surface area contributed by atoms with E-state index in [0.717, 1.165) is 6.07 Å². The van der Waals surface area contributed by atoms with E-state index in [1.807, 2.05) is 0 Å². The molecule has 1 aromatic heterocycles. The van der Waals surface area contributed by atoms with Crippen molar-refractivity contribution in [2.45, 2.75) is 6.92 Å². The van der Waals surface area contributed by atoms with Gasteiger partial charge in [-0.05, 0) is 12.1 Å². The Bertz CT molecular complexity index is 784. The van der Waals surface area contributed by atoms with Gasteiger partial charge in [-0.25, -0.2) is 8.78 Å². The van der Waals surface area contributed by atoms with Crippen LogP contribution in [0.25, 0.3) is 6.08 Å². The maximum absolute atomic E-state index is 13.7. The van der Waals surface area contributed by atoms with Gasteiger partial charge in [-0.1, -0.05) is 0 Å². The summed E-state index contributed by atoms with van der Waals surface area (Å²) in [5.74, 6) is -2.99. The summed E-state index contributed by atoms with van der Waals surface area (Å²) in [7, 11) is 1.73. The van der Waals surface area contributed by atoms with Crippen LogP contribution in [0.1, 0.15) is 12.5 Å². The lowest BCUT2D eigenvalue weighted by atomic mass is 10.2. The molecule has 0 saturated carbocycles. The molecule has 0 unspecified atom stereocenters. The first-order chi connectivity index (χ1) is 10.8. The third kappa shape index (κ3) is 4.47. The largest absolute Gasteiger partial charge is 0.324 e. The number of hydrogen-bond donors (Lipinski definition) is 2. The molecule has 0 radical (unpaired) electrons. The number of benzene rings is 1. The molecule has 0 fully saturated rings. The van der Waals surface area contributed by atoms with Crippen LogP contribution in [-0.2, 0) is 16.6 Å². The van der Waals surface area contributed by atoms with Crippen molar-refractivity contribution in [1.82, 2.24) is 9.78 Å². The molecule has 0 aliphatic rings. The minimum atomic E-state index is -0.945. The summed E-state index contributed by atoms with van der Waals surface area (Å²) in [6, 6.07) is 1.60. The van der Waals surface area contributed by atoms with E-state index < -0.39 is 23.4 Å². The number of hydrogen-bond acceptors (Lipinski definition) is 3. The van der Waals surface area contributed by atoms with E-state index in [0.29, 0.717) is 11.6 Å².